The normalized spacial score (nSPS) is 12.6. The number of hydrogen-bond acceptors (Lipinski definition) is 3. The summed E-state index contributed by atoms with van der Waals surface area (Å²) < 4.78 is 5.85. The van der Waals surface area contributed by atoms with Crippen molar-refractivity contribution in [2.24, 2.45) is 0 Å². The Bertz CT molecular complexity index is 1170. The molecule has 0 aliphatic rings. The molecule has 0 heterocycles. The topological polar surface area (TPSA) is 41.5 Å². The van der Waals surface area contributed by atoms with Gasteiger partial charge in [0, 0.05) is 13.1 Å². The first kappa shape index (κ1) is 23.5. The quantitative estimate of drug-likeness (QED) is 0.284. The Morgan fingerprint density at radius 1 is 0.706 bits per heavy atom. The number of hydrogen-bond donors (Lipinski definition) is 2. The molecule has 0 aliphatic heterocycles. The minimum Gasteiger partial charge on any atom is -0.491 e. The number of allylic oxidation sites excluding steroid dienone is 1. The van der Waals surface area contributed by atoms with Gasteiger partial charge < -0.3 is 15.2 Å². The number of ether oxygens (including phenoxy) is 1. The van der Waals surface area contributed by atoms with E-state index in [1.165, 1.54) is 27.8 Å². The molecule has 172 valence electrons. The third-order valence-corrected chi connectivity index (χ3v) is 5.78. The van der Waals surface area contributed by atoms with Crippen molar-refractivity contribution >= 4 is 11.1 Å². The van der Waals surface area contributed by atoms with E-state index in [9.17, 15) is 5.11 Å². The van der Waals surface area contributed by atoms with Gasteiger partial charge in [-0.3, -0.25) is 0 Å². The largest absolute Gasteiger partial charge is 0.491 e. The molecule has 0 radical (unpaired) electrons. The van der Waals surface area contributed by atoms with Gasteiger partial charge in [0.05, 0.1) is 0 Å². The van der Waals surface area contributed by atoms with Gasteiger partial charge in [0.15, 0.2) is 0 Å². The summed E-state index contributed by atoms with van der Waals surface area (Å²) in [7, 11) is 0. The molecular formula is C31H31NO2. The summed E-state index contributed by atoms with van der Waals surface area (Å²) in [5, 5.41) is 13.6. The van der Waals surface area contributed by atoms with E-state index >= 15 is 0 Å². The fraction of sp³-hybridized carbons (Fsp3) is 0.161. The van der Waals surface area contributed by atoms with E-state index in [2.05, 4.69) is 85.0 Å². The second-order valence-corrected chi connectivity index (χ2v) is 8.34. The molecule has 0 saturated heterocycles. The van der Waals surface area contributed by atoms with E-state index in [0.717, 1.165) is 17.9 Å². The fourth-order valence-electron chi connectivity index (χ4n) is 3.99. The highest BCUT2D eigenvalue weighted by molar-refractivity contribution is 5.97. The van der Waals surface area contributed by atoms with E-state index < -0.39 is 6.10 Å². The van der Waals surface area contributed by atoms with Crippen LogP contribution in [0.25, 0.3) is 11.1 Å². The molecule has 2 N–H and O–H groups in total. The molecule has 34 heavy (non-hydrogen) atoms. The van der Waals surface area contributed by atoms with Crippen LogP contribution in [0, 0.1) is 0 Å². The summed E-state index contributed by atoms with van der Waals surface area (Å²) >= 11 is 0. The molecule has 0 aliphatic carbocycles. The molecule has 0 bridgehead atoms. The smallest absolute Gasteiger partial charge is 0.119 e. The maximum Gasteiger partial charge on any atom is 0.119 e. The number of aliphatic hydroxyl groups excluding tert-OH is 1. The highest BCUT2D eigenvalue weighted by atomic mass is 16.5. The monoisotopic (exact) mass is 449 g/mol. The van der Waals surface area contributed by atoms with Gasteiger partial charge in [-0.25, -0.2) is 0 Å². The number of rotatable bonds is 10. The average Bonchev–Trinajstić information content (AvgIpc) is 2.90. The molecule has 0 saturated carbocycles. The lowest BCUT2D eigenvalue weighted by Gasteiger charge is -2.16. The van der Waals surface area contributed by atoms with Gasteiger partial charge in [0.25, 0.3) is 0 Å². The molecule has 3 heteroatoms. The number of benzene rings is 4. The zero-order valence-electron chi connectivity index (χ0n) is 19.5. The molecular weight excluding hydrogens is 418 g/mol. The zero-order valence-corrected chi connectivity index (χ0v) is 19.5. The van der Waals surface area contributed by atoms with Crippen molar-refractivity contribution in [2.45, 2.75) is 19.6 Å². The molecule has 4 aromatic carbocycles. The summed E-state index contributed by atoms with van der Waals surface area (Å²) in [6.07, 6.45) is -0.580. The number of nitrogens with one attached hydrogen (secondary N) is 1. The summed E-state index contributed by atoms with van der Waals surface area (Å²) in [5.41, 5.74) is 7.12. The summed E-state index contributed by atoms with van der Waals surface area (Å²) in [6, 6.07) is 39.2. The van der Waals surface area contributed by atoms with Crippen LogP contribution in [0.15, 0.2) is 115 Å². The van der Waals surface area contributed by atoms with Gasteiger partial charge in [-0.05, 0) is 52.5 Å². The van der Waals surface area contributed by atoms with Gasteiger partial charge in [-0.2, -0.15) is 0 Å². The van der Waals surface area contributed by atoms with Crippen LogP contribution in [0.3, 0.4) is 0 Å². The molecule has 0 spiro atoms. The van der Waals surface area contributed by atoms with Crippen molar-refractivity contribution in [3.63, 3.8) is 0 Å². The molecule has 1 unspecified atom stereocenters. The Balaban J connectivity index is 1.41. The van der Waals surface area contributed by atoms with Gasteiger partial charge in [0.1, 0.15) is 18.5 Å². The zero-order chi connectivity index (χ0) is 23.6. The van der Waals surface area contributed by atoms with E-state index in [0.29, 0.717) is 6.54 Å². The molecule has 4 rings (SSSR count). The van der Waals surface area contributed by atoms with Crippen LogP contribution >= 0.6 is 0 Å². The van der Waals surface area contributed by atoms with Crippen molar-refractivity contribution in [2.75, 3.05) is 13.2 Å². The summed E-state index contributed by atoms with van der Waals surface area (Å²) in [6.45, 7) is 3.61. The van der Waals surface area contributed by atoms with Gasteiger partial charge in [-0.15, -0.1) is 0 Å². The van der Waals surface area contributed by atoms with E-state index in [4.69, 9.17) is 4.74 Å². The van der Waals surface area contributed by atoms with Crippen LogP contribution in [-0.4, -0.2) is 24.4 Å². The van der Waals surface area contributed by atoms with Gasteiger partial charge >= 0.3 is 0 Å². The average molecular weight is 450 g/mol. The predicted octanol–water partition coefficient (Wildman–Crippen LogP) is 6.20. The maximum absolute atomic E-state index is 10.3. The van der Waals surface area contributed by atoms with E-state index in [1.54, 1.807) is 0 Å². The van der Waals surface area contributed by atoms with Crippen LogP contribution < -0.4 is 10.1 Å². The van der Waals surface area contributed by atoms with Gasteiger partial charge in [-0.1, -0.05) is 103 Å². The Labute approximate surface area is 202 Å². The first-order valence-corrected chi connectivity index (χ1v) is 11.7. The van der Waals surface area contributed by atoms with Crippen molar-refractivity contribution < 1.29 is 9.84 Å². The standard InChI is InChI=1S/C31H31NO2/c1-24(26-13-7-3-8-14-26)31(27-15-9-4-10-16-27)28-17-19-30(20-18-28)34-23-29(33)22-32-21-25-11-5-2-6-12-25/h2-20,29,32-33H,21-23H2,1H3/b31-24+. The first-order valence-electron chi connectivity index (χ1n) is 11.7. The SMILES string of the molecule is C/C(=C(/c1ccccc1)c1ccc(OCC(O)CNCc2ccccc2)cc1)c1ccccc1. The first-order chi connectivity index (χ1) is 16.7. The summed E-state index contributed by atoms with van der Waals surface area (Å²) in [5.74, 6) is 0.746. The second-order valence-electron chi connectivity index (χ2n) is 8.34. The minimum atomic E-state index is -0.580. The lowest BCUT2D eigenvalue weighted by molar-refractivity contribution is 0.106. The van der Waals surface area contributed by atoms with Gasteiger partial charge in [0.2, 0.25) is 0 Å². The maximum atomic E-state index is 10.3. The molecule has 0 amide bonds. The third kappa shape index (κ3) is 6.44. The van der Waals surface area contributed by atoms with Crippen LogP contribution in [0.5, 0.6) is 5.75 Å². The lowest BCUT2D eigenvalue weighted by Crippen LogP contribution is -2.31. The van der Waals surface area contributed by atoms with Crippen LogP contribution in [0.4, 0.5) is 0 Å². The lowest BCUT2D eigenvalue weighted by atomic mass is 9.90. The highest BCUT2D eigenvalue weighted by Gasteiger charge is 2.11. The van der Waals surface area contributed by atoms with Crippen molar-refractivity contribution in [1.82, 2.24) is 5.32 Å². The molecule has 4 aromatic rings. The van der Waals surface area contributed by atoms with Crippen LogP contribution in [-0.2, 0) is 6.54 Å². The molecule has 0 fully saturated rings. The van der Waals surface area contributed by atoms with Crippen molar-refractivity contribution in [3.05, 3.63) is 138 Å². The molecule has 0 aromatic heterocycles. The third-order valence-electron chi connectivity index (χ3n) is 5.78. The fourth-order valence-corrected chi connectivity index (χ4v) is 3.99. The Hall–Kier alpha value is -3.66. The van der Waals surface area contributed by atoms with E-state index in [1.807, 2.05) is 42.5 Å². The highest BCUT2D eigenvalue weighted by Crippen LogP contribution is 2.32. The van der Waals surface area contributed by atoms with E-state index in [-0.39, 0.29) is 6.61 Å². The van der Waals surface area contributed by atoms with Crippen LogP contribution in [0.1, 0.15) is 29.2 Å². The van der Waals surface area contributed by atoms with Crippen molar-refractivity contribution in [3.8, 4) is 5.75 Å². The van der Waals surface area contributed by atoms with Crippen LogP contribution in [0.2, 0.25) is 0 Å². The molecule has 1 atom stereocenters. The predicted molar refractivity (Wildman–Crippen MR) is 141 cm³/mol. The Morgan fingerprint density at radius 3 is 1.85 bits per heavy atom. The minimum absolute atomic E-state index is 0.242. The second kappa shape index (κ2) is 12.0. The Morgan fingerprint density at radius 2 is 1.24 bits per heavy atom. The Kier molecular flexibility index (Phi) is 8.28. The summed E-state index contributed by atoms with van der Waals surface area (Å²) in [4.78, 5) is 0. The molecule has 3 nitrogen and oxygen atoms in total. The van der Waals surface area contributed by atoms with Crippen molar-refractivity contribution in [1.29, 1.82) is 0 Å². The number of aliphatic hydroxyl groups is 1.